The first-order valence-electron chi connectivity index (χ1n) is 11.9. The molecule has 2 aromatic heterocycles. The summed E-state index contributed by atoms with van der Waals surface area (Å²) in [7, 11) is 1.63. The number of ether oxygens (including phenoxy) is 1. The fraction of sp³-hybridized carbons (Fsp3) is 0.520. The number of nitrogens with zero attached hydrogens (tertiary/aromatic N) is 4. The minimum Gasteiger partial charge on any atom is -0.377 e. The maximum absolute atomic E-state index is 12.1. The van der Waals surface area contributed by atoms with Crippen molar-refractivity contribution in [2.24, 2.45) is 5.92 Å². The molecular weight excluding hydrogens is 452 g/mol. The number of benzene rings is 1. The van der Waals surface area contributed by atoms with Crippen molar-refractivity contribution >= 4 is 34.4 Å². The van der Waals surface area contributed by atoms with Gasteiger partial charge in [-0.3, -0.25) is 4.79 Å². The van der Waals surface area contributed by atoms with Crippen molar-refractivity contribution < 1.29 is 9.53 Å². The van der Waals surface area contributed by atoms with E-state index in [0.717, 1.165) is 53.9 Å². The highest BCUT2D eigenvalue weighted by molar-refractivity contribution is 6.30. The van der Waals surface area contributed by atoms with E-state index in [9.17, 15) is 4.79 Å². The van der Waals surface area contributed by atoms with Crippen molar-refractivity contribution in [2.45, 2.75) is 71.6 Å². The van der Waals surface area contributed by atoms with Gasteiger partial charge in [-0.2, -0.15) is 5.10 Å². The van der Waals surface area contributed by atoms with Gasteiger partial charge in [-0.15, -0.1) is 0 Å². The number of anilines is 1. The first-order valence-corrected chi connectivity index (χ1v) is 12.3. The number of halogens is 1. The highest BCUT2D eigenvalue weighted by Gasteiger charge is 2.25. The quantitative estimate of drug-likeness (QED) is 0.476. The summed E-state index contributed by atoms with van der Waals surface area (Å²) in [5, 5.41) is 13.1. The standard InChI is InChI=1S/C25H33ClN6O2/c1-15(2)12-22(33)27-18-8-10-19(11-9-18)28-24-23-16(3)31-32(20-7-5-6-17(26)13-20)25(23)30-21(29-24)14-34-4/h5-7,13,15,18-19H,8-12,14H2,1-4H3,(H,27,33)(H,28,29,30). The second-order valence-electron chi connectivity index (χ2n) is 9.46. The second kappa shape index (κ2) is 10.7. The number of amides is 1. The van der Waals surface area contributed by atoms with Crippen molar-refractivity contribution in [2.75, 3.05) is 12.4 Å². The van der Waals surface area contributed by atoms with Gasteiger partial charge >= 0.3 is 0 Å². The molecule has 0 unspecified atom stereocenters. The summed E-state index contributed by atoms with van der Waals surface area (Å²) in [5.41, 5.74) is 2.41. The van der Waals surface area contributed by atoms with Crippen molar-refractivity contribution in [1.29, 1.82) is 0 Å². The van der Waals surface area contributed by atoms with E-state index in [1.807, 2.05) is 35.9 Å². The summed E-state index contributed by atoms with van der Waals surface area (Å²) < 4.78 is 7.14. The van der Waals surface area contributed by atoms with Gasteiger partial charge in [0.25, 0.3) is 0 Å². The number of hydrogen-bond acceptors (Lipinski definition) is 6. The van der Waals surface area contributed by atoms with Gasteiger partial charge in [0.05, 0.1) is 16.8 Å². The molecule has 1 aliphatic rings. The highest BCUT2D eigenvalue weighted by Crippen LogP contribution is 2.30. The fourth-order valence-corrected chi connectivity index (χ4v) is 4.73. The Hall–Kier alpha value is -2.71. The van der Waals surface area contributed by atoms with E-state index in [1.165, 1.54) is 0 Å². The summed E-state index contributed by atoms with van der Waals surface area (Å²) in [6, 6.07) is 8.07. The van der Waals surface area contributed by atoms with Gasteiger partial charge in [-0.1, -0.05) is 31.5 Å². The SMILES string of the molecule is COCc1nc(NC2CCC(NC(=O)CC(C)C)CC2)c2c(C)nn(-c3cccc(Cl)c3)c2n1. The minimum absolute atomic E-state index is 0.150. The van der Waals surface area contributed by atoms with E-state index in [0.29, 0.717) is 29.8 Å². The molecule has 0 saturated heterocycles. The molecule has 0 radical (unpaired) electrons. The molecule has 1 saturated carbocycles. The van der Waals surface area contributed by atoms with Crippen LogP contribution in [0.25, 0.3) is 16.7 Å². The Labute approximate surface area is 205 Å². The van der Waals surface area contributed by atoms with Gasteiger partial charge in [-0.25, -0.2) is 14.6 Å². The highest BCUT2D eigenvalue weighted by atomic mass is 35.5. The van der Waals surface area contributed by atoms with Crippen LogP contribution in [0.5, 0.6) is 0 Å². The summed E-state index contributed by atoms with van der Waals surface area (Å²) in [6.07, 6.45) is 4.39. The zero-order valence-corrected chi connectivity index (χ0v) is 21.0. The third-order valence-corrected chi connectivity index (χ3v) is 6.34. The molecule has 2 N–H and O–H groups in total. The number of hydrogen-bond donors (Lipinski definition) is 2. The molecule has 1 amide bonds. The Morgan fingerprint density at radius 2 is 1.94 bits per heavy atom. The van der Waals surface area contributed by atoms with Crippen LogP contribution in [0.4, 0.5) is 5.82 Å². The molecule has 1 aliphatic carbocycles. The van der Waals surface area contributed by atoms with Gasteiger partial charge in [0.15, 0.2) is 11.5 Å². The topological polar surface area (TPSA) is 94.0 Å². The maximum atomic E-state index is 12.1. The van der Waals surface area contributed by atoms with E-state index in [2.05, 4.69) is 24.5 Å². The summed E-state index contributed by atoms with van der Waals surface area (Å²) in [5.74, 6) is 1.89. The van der Waals surface area contributed by atoms with Crippen LogP contribution >= 0.6 is 11.6 Å². The summed E-state index contributed by atoms with van der Waals surface area (Å²) in [6.45, 7) is 6.41. The third-order valence-electron chi connectivity index (χ3n) is 6.10. The minimum atomic E-state index is 0.150. The molecule has 3 aromatic rings. The van der Waals surface area contributed by atoms with Gasteiger partial charge in [0.1, 0.15) is 12.4 Å². The number of aromatic nitrogens is 4. The average Bonchev–Trinajstić information content (AvgIpc) is 3.11. The van der Waals surface area contributed by atoms with Crippen LogP contribution in [0, 0.1) is 12.8 Å². The Morgan fingerprint density at radius 3 is 2.62 bits per heavy atom. The first-order chi connectivity index (χ1) is 16.3. The molecule has 0 aliphatic heterocycles. The molecule has 1 fully saturated rings. The van der Waals surface area contributed by atoms with Crippen molar-refractivity contribution in [1.82, 2.24) is 25.1 Å². The molecule has 0 spiro atoms. The first kappa shape index (κ1) is 24.4. The number of carbonyl (C=O) groups excluding carboxylic acids is 1. The van der Waals surface area contributed by atoms with Crippen LogP contribution < -0.4 is 10.6 Å². The van der Waals surface area contributed by atoms with E-state index in [4.69, 9.17) is 31.4 Å². The van der Waals surface area contributed by atoms with Crippen molar-refractivity contribution in [3.05, 3.63) is 40.8 Å². The number of aryl methyl sites for hydroxylation is 1. The Bertz CT molecular complexity index is 1150. The monoisotopic (exact) mass is 484 g/mol. The predicted octanol–water partition coefficient (Wildman–Crippen LogP) is 4.81. The number of fused-ring (bicyclic) bond motifs is 1. The Kier molecular flexibility index (Phi) is 7.68. The predicted molar refractivity (Wildman–Crippen MR) is 134 cm³/mol. The Balaban J connectivity index is 1.56. The summed E-state index contributed by atoms with van der Waals surface area (Å²) in [4.78, 5) is 21.7. The van der Waals surface area contributed by atoms with Crippen LogP contribution in [0.15, 0.2) is 24.3 Å². The lowest BCUT2D eigenvalue weighted by atomic mass is 9.91. The van der Waals surface area contributed by atoms with E-state index in [-0.39, 0.29) is 18.0 Å². The van der Waals surface area contributed by atoms with Gasteiger partial charge in [0.2, 0.25) is 5.91 Å². The molecule has 8 nitrogen and oxygen atoms in total. The Morgan fingerprint density at radius 1 is 1.21 bits per heavy atom. The van der Waals surface area contributed by atoms with E-state index < -0.39 is 0 Å². The molecule has 0 atom stereocenters. The summed E-state index contributed by atoms with van der Waals surface area (Å²) >= 11 is 6.23. The molecule has 9 heteroatoms. The molecular formula is C25H33ClN6O2. The maximum Gasteiger partial charge on any atom is 0.220 e. The lowest BCUT2D eigenvalue weighted by Crippen LogP contribution is -2.40. The van der Waals surface area contributed by atoms with Crippen LogP contribution in [0.1, 0.15) is 57.5 Å². The molecule has 0 bridgehead atoms. The molecule has 2 heterocycles. The fourth-order valence-electron chi connectivity index (χ4n) is 4.55. The molecule has 4 rings (SSSR count). The van der Waals surface area contributed by atoms with Gasteiger partial charge < -0.3 is 15.4 Å². The largest absolute Gasteiger partial charge is 0.377 e. The molecule has 1 aromatic carbocycles. The van der Waals surface area contributed by atoms with E-state index >= 15 is 0 Å². The van der Waals surface area contributed by atoms with Crippen LogP contribution in [-0.2, 0) is 16.1 Å². The zero-order valence-electron chi connectivity index (χ0n) is 20.3. The van der Waals surface area contributed by atoms with Gasteiger partial charge in [0, 0.05) is 30.6 Å². The van der Waals surface area contributed by atoms with Crippen LogP contribution in [0.3, 0.4) is 0 Å². The third kappa shape index (κ3) is 5.67. The number of rotatable bonds is 8. The average molecular weight is 485 g/mol. The van der Waals surface area contributed by atoms with Crippen molar-refractivity contribution in [3.63, 3.8) is 0 Å². The zero-order chi connectivity index (χ0) is 24.2. The molecule has 34 heavy (non-hydrogen) atoms. The lowest BCUT2D eigenvalue weighted by Gasteiger charge is -2.30. The number of carbonyl (C=O) groups is 1. The van der Waals surface area contributed by atoms with Gasteiger partial charge in [-0.05, 0) is 56.7 Å². The van der Waals surface area contributed by atoms with Crippen LogP contribution in [-0.4, -0.2) is 44.8 Å². The van der Waals surface area contributed by atoms with Crippen molar-refractivity contribution in [3.8, 4) is 5.69 Å². The second-order valence-corrected chi connectivity index (χ2v) is 9.89. The normalized spacial score (nSPS) is 18.4. The number of methoxy groups -OCH3 is 1. The number of nitrogens with one attached hydrogen (secondary N) is 2. The van der Waals surface area contributed by atoms with E-state index in [1.54, 1.807) is 7.11 Å². The van der Waals surface area contributed by atoms with Crippen LogP contribution in [0.2, 0.25) is 5.02 Å². The smallest absolute Gasteiger partial charge is 0.220 e. The molecule has 182 valence electrons. The lowest BCUT2D eigenvalue weighted by molar-refractivity contribution is -0.122.